The van der Waals surface area contributed by atoms with E-state index in [1.807, 2.05) is 30.3 Å². The third-order valence-corrected chi connectivity index (χ3v) is 4.30. The van der Waals surface area contributed by atoms with Crippen LogP contribution in [0.25, 0.3) is 0 Å². The third-order valence-electron chi connectivity index (χ3n) is 3.44. The van der Waals surface area contributed by atoms with E-state index in [9.17, 15) is 4.79 Å². The van der Waals surface area contributed by atoms with Gasteiger partial charge in [-0.15, -0.1) is 0 Å². The number of benzene rings is 3. The van der Waals surface area contributed by atoms with E-state index in [1.54, 1.807) is 42.5 Å². The Morgan fingerprint density at radius 3 is 2.30 bits per heavy atom. The molecular formula is C20H15BrClN3O2. The summed E-state index contributed by atoms with van der Waals surface area (Å²) in [4.78, 5) is 12.0. The van der Waals surface area contributed by atoms with Gasteiger partial charge in [-0.05, 0) is 70.5 Å². The molecule has 136 valence electrons. The quantitative estimate of drug-likeness (QED) is 0.439. The van der Waals surface area contributed by atoms with Crippen LogP contribution in [-0.2, 0) is 4.79 Å². The Bertz CT molecular complexity index is 947. The summed E-state index contributed by atoms with van der Waals surface area (Å²) in [5.41, 5.74) is 2.12. The molecule has 0 bridgehead atoms. The minimum Gasteiger partial charge on any atom is -0.483 e. The molecule has 0 atom stereocenters. The van der Waals surface area contributed by atoms with E-state index in [-0.39, 0.29) is 12.5 Å². The first-order valence-corrected chi connectivity index (χ1v) is 9.22. The van der Waals surface area contributed by atoms with Crippen molar-refractivity contribution in [2.24, 2.45) is 10.2 Å². The highest BCUT2D eigenvalue weighted by Gasteiger charge is 2.07. The molecule has 1 amide bonds. The lowest BCUT2D eigenvalue weighted by Gasteiger charge is -2.09. The minimum absolute atomic E-state index is 0.115. The minimum atomic E-state index is -0.268. The molecular weight excluding hydrogens is 430 g/mol. The molecule has 0 heterocycles. The van der Waals surface area contributed by atoms with Crippen LogP contribution in [0, 0.1) is 0 Å². The molecule has 7 heteroatoms. The normalized spacial score (nSPS) is 10.7. The van der Waals surface area contributed by atoms with Crippen LogP contribution in [0.2, 0.25) is 5.02 Å². The van der Waals surface area contributed by atoms with Gasteiger partial charge in [-0.3, -0.25) is 4.79 Å². The first-order chi connectivity index (χ1) is 13.1. The Morgan fingerprint density at radius 2 is 1.63 bits per heavy atom. The van der Waals surface area contributed by atoms with Gasteiger partial charge in [-0.1, -0.05) is 29.8 Å². The summed E-state index contributed by atoms with van der Waals surface area (Å²) in [7, 11) is 0. The number of hydrogen-bond acceptors (Lipinski definition) is 4. The Labute approximate surface area is 170 Å². The van der Waals surface area contributed by atoms with Gasteiger partial charge < -0.3 is 10.1 Å². The van der Waals surface area contributed by atoms with E-state index in [0.29, 0.717) is 26.6 Å². The molecule has 1 N–H and O–H groups in total. The summed E-state index contributed by atoms with van der Waals surface area (Å²) in [6.07, 6.45) is 0. The summed E-state index contributed by atoms with van der Waals surface area (Å²) in [5, 5.41) is 11.7. The van der Waals surface area contributed by atoms with Crippen LogP contribution in [0.4, 0.5) is 17.1 Å². The van der Waals surface area contributed by atoms with Gasteiger partial charge in [0, 0.05) is 10.7 Å². The second kappa shape index (κ2) is 9.30. The fourth-order valence-corrected chi connectivity index (χ4v) is 2.95. The lowest BCUT2D eigenvalue weighted by atomic mass is 10.3. The number of anilines is 1. The van der Waals surface area contributed by atoms with E-state index in [0.717, 1.165) is 5.69 Å². The van der Waals surface area contributed by atoms with Crippen molar-refractivity contribution in [1.82, 2.24) is 0 Å². The van der Waals surface area contributed by atoms with Crippen molar-refractivity contribution in [3.63, 3.8) is 0 Å². The topological polar surface area (TPSA) is 63.0 Å². The molecule has 0 aliphatic rings. The van der Waals surface area contributed by atoms with Crippen LogP contribution in [0.1, 0.15) is 0 Å². The number of hydrogen-bond donors (Lipinski definition) is 1. The van der Waals surface area contributed by atoms with E-state index >= 15 is 0 Å². The monoisotopic (exact) mass is 443 g/mol. The molecule has 0 saturated heterocycles. The van der Waals surface area contributed by atoms with Crippen molar-refractivity contribution in [2.45, 2.75) is 0 Å². The molecule has 0 unspecified atom stereocenters. The predicted molar refractivity (Wildman–Crippen MR) is 110 cm³/mol. The van der Waals surface area contributed by atoms with Crippen molar-refractivity contribution in [3.8, 4) is 5.75 Å². The molecule has 5 nitrogen and oxygen atoms in total. The maximum absolute atomic E-state index is 12.0. The third kappa shape index (κ3) is 5.91. The summed E-state index contributed by atoms with van der Waals surface area (Å²) < 4.78 is 6.18. The maximum Gasteiger partial charge on any atom is 0.262 e. The zero-order valence-corrected chi connectivity index (χ0v) is 16.4. The lowest BCUT2D eigenvalue weighted by Crippen LogP contribution is -2.20. The molecule has 3 aromatic rings. The predicted octanol–water partition coefficient (Wildman–Crippen LogP) is 6.54. The Morgan fingerprint density at radius 1 is 0.963 bits per heavy atom. The highest BCUT2D eigenvalue weighted by molar-refractivity contribution is 9.10. The Balaban J connectivity index is 1.53. The lowest BCUT2D eigenvalue weighted by molar-refractivity contribution is -0.118. The van der Waals surface area contributed by atoms with E-state index in [2.05, 4.69) is 31.5 Å². The largest absolute Gasteiger partial charge is 0.483 e. The van der Waals surface area contributed by atoms with Gasteiger partial charge in [-0.2, -0.15) is 10.2 Å². The van der Waals surface area contributed by atoms with Crippen molar-refractivity contribution in [3.05, 3.63) is 82.3 Å². The first-order valence-electron chi connectivity index (χ1n) is 8.05. The molecule has 0 aliphatic heterocycles. The van der Waals surface area contributed by atoms with E-state index in [1.165, 1.54) is 0 Å². The number of halogens is 2. The number of nitrogens with zero attached hydrogens (tertiary/aromatic N) is 2. The highest BCUT2D eigenvalue weighted by Crippen LogP contribution is 2.28. The second-order valence-corrected chi connectivity index (χ2v) is 6.78. The van der Waals surface area contributed by atoms with Crippen molar-refractivity contribution < 1.29 is 9.53 Å². The molecule has 27 heavy (non-hydrogen) atoms. The number of carbonyl (C=O) groups excluding carboxylic acids is 1. The fraction of sp³-hybridized carbons (Fsp3) is 0.0500. The smallest absolute Gasteiger partial charge is 0.262 e. The number of carbonyl (C=O) groups is 1. The van der Waals surface area contributed by atoms with Crippen molar-refractivity contribution in [1.29, 1.82) is 0 Å². The Hall–Kier alpha value is -2.70. The first kappa shape index (κ1) is 19.1. The Kier molecular flexibility index (Phi) is 6.57. The summed E-state index contributed by atoms with van der Waals surface area (Å²) >= 11 is 9.22. The van der Waals surface area contributed by atoms with Crippen LogP contribution in [0.5, 0.6) is 5.75 Å². The number of nitrogens with one attached hydrogen (secondary N) is 1. The number of ether oxygens (including phenoxy) is 1. The van der Waals surface area contributed by atoms with Crippen molar-refractivity contribution >= 4 is 50.5 Å². The summed E-state index contributed by atoms with van der Waals surface area (Å²) in [6.45, 7) is -0.115. The van der Waals surface area contributed by atoms with E-state index < -0.39 is 0 Å². The van der Waals surface area contributed by atoms with Gasteiger partial charge >= 0.3 is 0 Å². The standard InChI is InChI=1S/C20H15BrClN3O2/c21-18-12-14(22)6-11-19(18)27-13-20(26)23-15-7-9-17(10-8-15)25-24-16-4-2-1-3-5-16/h1-12H,13H2,(H,23,26). The maximum atomic E-state index is 12.0. The fourth-order valence-electron chi connectivity index (χ4n) is 2.15. The molecule has 0 aromatic heterocycles. The van der Waals surface area contributed by atoms with Gasteiger partial charge in [0.05, 0.1) is 15.8 Å². The molecule has 0 radical (unpaired) electrons. The van der Waals surface area contributed by atoms with Crippen LogP contribution < -0.4 is 10.1 Å². The van der Waals surface area contributed by atoms with Crippen LogP contribution in [0.3, 0.4) is 0 Å². The van der Waals surface area contributed by atoms with Crippen LogP contribution in [-0.4, -0.2) is 12.5 Å². The van der Waals surface area contributed by atoms with Crippen LogP contribution >= 0.6 is 27.5 Å². The zero-order chi connectivity index (χ0) is 19.1. The zero-order valence-electron chi connectivity index (χ0n) is 14.1. The number of amides is 1. The van der Waals surface area contributed by atoms with Gasteiger partial charge in [-0.25, -0.2) is 0 Å². The molecule has 0 aliphatic carbocycles. The van der Waals surface area contributed by atoms with Gasteiger partial charge in [0.2, 0.25) is 0 Å². The van der Waals surface area contributed by atoms with Crippen LogP contribution in [0.15, 0.2) is 87.5 Å². The molecule has 3 rings (SSSR count). The van der Waals surface area contributed by atoms with Gasteiger partial charge in [0.15, 0.2) is 6.61 Å². The highest BCUT2D eigenvalue weighted by atomic mass is 79.9. The van der Waals surface area contributed by atoms with Crippen molar-refractivity contribution in [2.75, 3.05) is 11.9 Å². The van der Waals surface area contributed by atoms with Gasteiger partial charge in [0.1, 0.15) is 5.75 Å². The summed E-state index contributed by atoms with van der Waals surface area (Å²) in [6, 6.07) is 21.6. The average Bonchev–Trinajstić information content (AvgIpc) is 2.67. The molecule has 0 spiro atoms. The summed E-state index contributed by atoms with van der Waals surface area (Å²) in [5.74, 6) is 0.279. The van der Waals surface area contributed by atoms with E-state index in [4.69, 9.17) is 16.3 Å². The average molecular weight is 445 g/mol. The SMILES string of the molecule is O=C(COc1ccc(Cl)cc1Br)Nc1ccc(N=Nc2ccccc2)cc1. The molecule has 0 saturated carbocycles. The molecule has 3 aromatic carbocycles. The second-order valence-electron chi connectivity index (χ2n) is 5.49. The number of azo groups is 1. The van der Waals surface area contributed by atoms with Gasteiger partial charge in [0.25, 0.3) is 5.91 Å². The number of rotatable bonds is 6. The molecule has 0 fully saturated rings.